The van der Waals surface area contributed by atoms with Crippen LogP contribution in [0.25, 0.3) is 17.0 Å². The molecular formula is C31H35N3O2S2. The standard InChI is InChI=1S/C31H35N3O2S2/c1-3-36-17-7-14-34-30(35)28(38-31(34)37)21-26-20-25-18-22(2)10-11-27(25)32-29(26)33-15-12-24(13-16-33)19-23-8-5-4-6-9-23/h4-6,8-11,18,20-21,24H,3,7,12-17,19H2,1-2H3/b28-21-. The molecule has 0 N–H and O–H groups in total. The van der Waals surface area contributed by atoms with Gasteiger partial charge in [-0.1, -0.05) is 65.9 Å². The van der Waals surface area contributed by atoms with Crippen LogP contribution < -0.4 is 4.90 Å². The van der Waals surface area contributed by atoms with E-state index in [1.54, 1.807) is 4.90 Å². The number of nitrogens with zero attached hydrogens (tertiary/aromatic N) is 3. The fraction of sp³-hybridized carbons (Fsp3) is 0.387. The molecule has 0 atom stereocenters. The lowest BCUT2D eigenvalue weighted by atomic mass is 9.90. The molecule has 198 valence electrons. The Kier molecular flexibility index (Phi) is 8.77. The number of piperidine rings is 1. The molecule has 2 saturated heterocycles. The Morgan fingerprint density at radius 1 is 1.13 bits per heavy atom. The number of hydrogen-bond acceptors (Lipinski definition) is 6. The van der Waals surface area contributed by atoms with Gasteiger partial charge in [-0.3, -0.25) is 9.69 Å². The third-order valence-electron chi connectivity index (χ3n) is 7.29. The van der Waals surface area contributed by atoms with Crippen LogP contribution in [-0.2, 0) is 16.0 Å². The minimum absolute atomic E-state index is 0.0200. The number of aryl methyl sites for hydroxylation is 1. The van der Waals surface area contributed by atoms with Crippen molar-refractivity contribution in [3.63, 3.8) is 0 Å². The number of aromatic nitrogens is 1. The maximum absolute atomic E-state index is 13.3. The average Bonchev–Trinajstić information content (AvgIpc) is 3.19. The van der Waals surface area contributed by atoms with Crippen molar-refractivity contribution in [3.05, 3.63) is 76.2 Å². The van der Waals surface area contributed by atoms with Gasteiger partial charge in [-0.15, -0.1) is 0 Å². The van der Waals surface area contributed by atoms with E-state index in [1.807, 2.05) is 13.0 Å². The normalized spacial score (nSPS) is 17.8. The van der Waals surface area contributed by atoms with Crippen LogP contribution in [0.15, 0.2) is 59.5 Å². The first-order valence-electron chi connectivity index (χ1n) is 13.5. The number of anilines is 1. The molecule has 0 unspecified atom stereocenters. The van der Waals surface area contributed by atoms with Gasteiger partial charge in [0, 0.05) is 43.8 Å². The Morgan fingerprint density at radius 2 is 1.92 bits per heavy atom. The van der Waals surface area contributed by atoms with Crippen LogP contribution in [0.2, 0.25) is 0 Å². The molecule has 7 heteroatoms. The monoisotopic (exact) mass is 545 g/mol. The number of ether oxygens (including phenoxy) is 1. The molecule has 0 bridgehead atoms. The Labute approximate surface area is 235 Å². The van der Waals surface area contributed by atoms with Gasteiger partial charge >= 0.3 is 0 Å². The summed E-state index contributed by atoms with van der Waals surface area (Å²) in [6, 6.07) is 19.3. The molecule has 0 aliphatic carbocycles. The molecule has 2 aromatic carbocycles. The zero-order valence-corrected chi connectivity index (χ0v) is 23.8. The molecule has 2 fully saturated rings. The molecular weight excluding hydrogens is 510 g/mol. The molecule has 1 amide bonds. The van der Waals surface area contributed by atoms with E-state index in [2.05, 4.69) is 66.4 Å². The number of carbonyl (C=O) groups is 1. The smallest absolute Gasteiger partial charge is 0.266 e. The number of carbonyl (C=O) groups excluding carboxylic acids is 1. The Morgan fingerprint density at radius 3 is 2.68 bits per heavy atom. The molecule has 5 rings (SSSR count). The maximum Gasteiger partial charge on any atom is 0.266 e. The second-order valence-electron chi connectivity index (χ2n) is 10.1. The largest absolute Gasteiger partial charge is 0.382 e. The zero-order valence-electron chi connectivity index (χ0n) is 22.2. The highest BCUT2D eigenvalue weighted by Gasteiger charge is 2.32. The minimum atomic E-state index is -0.0200. The van der Waals surface area contributed by atoms with Crippen molar-refractivity contribution in [3.8, 4) is 0 Å². The van der Waals surface area contributed by atoms with Crippen LogP contribution in [0.5, 0.6) is 0 Å². The van der Waals surface area contributed by atoms with E-state index >= 15 is 0 Å². The van der Waals surface area contributed by atoms with Gasteiger partial charge in [0.1, 0.15) is 10.1 Å². The van der Waals surface area contributed by atoms with Crippen molar-refractivity contribution in [2.45, 2.75) is 39.5 Å². The van der Waals surface area contributed by atoms with Crippen LogP contribution in [0.4, 0.5) is 5.82 Å². The summed E-state index contributed by atoms with van der Waals surface area (Å²) < 4.78 is 6.06. The van der Waals surface area contributed by atoms with Gasteiger partial charge in [-0.25, -0.2) is 4.98 Å². The van der Waals surface area contributed by atoms with Gasteiger partial charge in [0.05, 0.1) is 10.4 Å². The van der Waals surface area contributed by atoms with E-state index in [1.165, 1.54) is 22.9 Å². The number of benzene rings is 2. The first kappa shape index (κ1) is 26.9. The van der Waals surface area contributed by atoms with Gasteiger partial charge in [0.25, 0.3) is 5.91 Å². The summed E-state index contributed by atoms with van der Waals surface area (Å²) in [6.45, 7) is 7.88. The lowest BCUT2D eigenvalue weighted by Crippen LogP contribution is -2.35. The van der Waals surface area contributed by atoms with E-state index in [9.17, 15) is 4.79 Å². The average molecular weight is 546 g/mol. The van der Waals surface area contributed by atoms with Crippen molar-refractivity contribution < 1.29 is 9.53 Å². The lowest BCUT2D eigenvalue weighted by molar-refractivity contribution is -0.122. The van der Waals surface area contributed by atoms with Crippen molar-refractivity contribution >= 4 is 57.0 Å². The predicted molar refractivity (Wildman–Crippen MR) is 163 cm³/mol. The number of rotatable bonds is 9. The topological polar surface area (TPSA) is 45.7 Å². The molecule has 0 saturated carbocycles. The van der Waals surface area contributed by atoms with Gasteiger partial charge in [-0.2, -0.15) is 0 Å². The molecule has 38 heavy (non-hydrogen) atoms. The maximum atomic E-state index is 13.3. The number of pyridine rings is 1. The minimum Gasteiger partial charge on any atom is -0.382 e. The summed E-state index contributed by atoms with van der Waals surface area (Å²) in [4.78, 5) is 23.2. The van der Waals surface area contributed by atoms with Gasteiger partial charge in [0.2, 0.25) is 0 Å². The van der Waals surface area contributed by atoms with Crippen LogP contribution in [-0.4, -0.2) is 53.0 Å². The quantitative estimate of drug-likeness (QED) is 0.171. The summed E-state index contributed by atoms with van der Waals surface area (Å²) in [7, 11) is 0. The number of fused-ring (bicyclic) bond motifs is 1. The zero-order chi connectivity index (χ0) is 26.5. The van der Waals surface area contributed by atoms with Crippen molar-refractivity contribution in [1.29, 1.82) is 0 Å². The molecule has 0 radical (unpaired) electrons. The second kappa shape index (κ2) is 12.4. The predicted octanol–water partition coefficient (Wildman–Crippen LogP) is 6.63. The number of hydrogen-bond donors (Lipinski definition) is 0. The first-order chi connectivity index (χ1) is 18.5. The highest BCUT2D eigenvalue weighted by atomic mass is 32.2. The highest BCUT2D eigenvalue weighted by molar-refractivity contribution is 8.26. The SMILES string of the molecule is CCOCCCN1C(=O)/C(=C/c2cc3cc(C)ccc3nc2N2CCC(Cc3ccccc3)CC2)SC1=S. The third kappa shape index (κ3) is 6.28. The lowest BCUT2D eigenvalue weighted by Gasteiger charge is -2.34. The number of thiocarbonyl (C=S) groups is 1. The molecule has 2 aliphatic heterocycles. The van der Waals surface area contributed by atoms with Gasteiger partial charge in [-0.05, 0) is 75.3 Å². The van der Waals surface area contributed by atoms with E-state index in [0.717, 1.165) is 61.1 Å². The molecule has 2 aliphatic rings. The number of thioether (sulfide) groups is 1. The molecule has 3 aromatic rings. The van der Waals surface area contributed by atoms with Crippen LogP contribution in [0.1, 0.15) is 42.9 Å². The fourth-order valence-electron chi connectivity index (χ4n) is 5.26. The molecule has 1 aromatic heterocycles. The summed E-state index contributed by atoms with van der Waals surface area (Å²) in [5.74, 6) is 1.61. The summed E-state index contributed by atoms with van der Waals surface area (Å²) in [5, 5.41) is 1.09. The van der Waals surface area contributed by atoms with Gasteiger partial charge in [0.15, 0.2) is 0 Å². The van der Waals surface area contributed by atoms with Gasteiger partial charge < -0.3 is 9.64 Å². The number of amides is 1. The van der Waals surface area contributed by atoms with E-state index in [-0.39, 0.29) is 5.91 Å². The molecule has 5 nitrogen and oxygen atoms in total. The second-order valence-corrected chi connectivity index (χ2v) is 11.8. The molecule has 0 spiro atoms. The molecule has 3 heterocycles. The van der Waals surface area contributed by atoms with Crippen molar-refractivity contribution in [2.75, 3.05) is 37.7 Å². The van der Waals surface area contributed by atoms with E-state index in [0.29, 0.717) is 34.9 Å². The van der Waals surface area contributed by atoms with Crippen molar-refractivity contribution in [1.82, 2.24) is 9.88 Å². The highest BCUT2D eigenvalue weighted by Crippen LogP contribution is 2.36. The Hall–Kier alpha value is -2.74. The van der Waals surface area contributed by atoms with E-state index in [4.69, 9.17) is 21.9 Å². The third-order valence-corrected chi connectivity index (χ3v) is 8.67. The summed E-state index contributed by atoms with van der Waals surface area (Å²) in [5.41, 5.74) is 4.58. The summed E-state index contributed by atoms with van der Waals surface area (Å²) >= 11 is 6.96. The van der Waals surface area contributed by atoms with E-state index < -0.39 is 0 Å². The Bertz CT molecular complexity index is 1330. The van der Waals surface area contributed by atoms with Crippen LogP contribution in [0.3, 0.4) is 0 Å². The van der Waals surface area contributed by atoms with Crippen LogP contribution >= 0.6 is 24.0 Å². The van der Waals surface area contributed by atoms with Crippen molar-refractivity contribution in [2.24, 2.45) is 5.92 Å². The fourth-order valence-corrected chi connectivity index (χ4v) is 6.56. The van der Waals surface area contributed by atoms with Crippen LogP contribution in [0, 0.1) is 12.8 Å². The Balaban J connectivity index is 1.38. The first-order valence-corrected chi connectivity index (χ1v) is 14.8. The summed E-state index contributed by atoms with van der Waals surface area (Å²) in [6.07, 6.45) is 6.15.